The van der Waals surface area contributed by atoms with Gasteiger partial charge in [0.25, 0.3) is 0 Å². The van der Waals surface area contributed by atoms with E-state index in [0.717, 1.165) is 26.9 Å². The Morgan fingerprint density at radius 2 is 2.33 bits per heavy atom. The minimum Gasteiger partial charge on any atom is -0.338 e. The van der Waals surface area contributed by atoms with Gasteiger partial charge < -0.3 is 9.09 Å². The van der Waals surface area contributed by atoms with Gasteiger partial charge in [-0.1, -0.05) is 23.0 Å². The second-order valence-electron chi connectivity index (χ2n) is 5.44. The van der Waals surface area contributed by atoms with Crippen LogP contribution in [0, 0.1) is 0 Å². The highest BCUT2D eigenvalue weighted by Crippen LogP contribution is 2.40. The molecular formula is C15H14BrN5OS2. The molecule has 1 fully saturated rings. The zero-order valence-corrected chi connectivity index (χ0v) is 15.9. The molecule has 0 spiro atoms. The van der Waals surface area contributed by atoms with E-state index < -0.39 is 0 Å². The lowest BCUT2D eigenvalue weighted by Gasteiger charge is -2.05. The van der Waals surface area contributed by atoms with Gasteiger partial charge in [0.2, 0.25) is 11.7 Å². The fourth-order valence-electron chi connectivity index (χ4n) is 2.32. The first-order valence-electron chi connectivity index (χ1n) is 7.48. The molecule has 0 bridgehead atoms. The van der Waals surface area contributed by atoms with E-state index in [-0.39, 0.29) is 0 Å². The molecule has 0 N–H and O–H groups in total. The Bertz CT molecular complexity index is 867. The van der Waals surface area contributed by atoms with Gasteiger partial charge in [-0.2, -0.15) is 4.98 Å². The van der Waals surface area contributed by atoms with Crippen LogP contribution in [0.5, 0.6) is 0 Å². The summed E-state index contributed by atoms with van der Waals surface area (Å²) in [6.45, 7) is 4.55. The van der Waals surface area contributed by atoms with Gasteiger partial charge in [-0.25, -0.2) is 0 Å². The van der Waals surface area contributed by atoms with Crippen molar-refractivity contribution in [3.63, 3.8) is 0 Å². The molecule has 0 aromatic carbocycles. The predicted molar refractivity (Wildman–Crippen MR) is 97.1 cm³/mol. The van der Waals surface area contributed by atoms with Gasteiger partial charge in [0, 0.05) is 22.3 Å². The van der Waals surface area contributed by atoms with Gasteiger partial charge in [-0.15, -0.1) is 28.1 Å². The molecule has 124 valence electrons. The number of thioether (sulfide) groups is 1. The maximum absolute atomic E-state index is 5.35. The highest BCUT2D eigenvalue weighted by molar-refractivity contribution is 9.10. The van der Waals surface area contributed by atoms with Crippen molar-refractivity contribution in [2.75, 3.05) is 0 Å². The largest absolute Gasteiger partial charge is 0.338 e. The predicted octanol–water partition coefficient (Wildman–Crippen LogP) is 4.51. The molecule has 4 rings (SSSR count). The normalized spacial score (nSPS) is 14.2. The monoisotopic (exact) mass is 423 g/mol. The lowest BCUT2D eigenvalue weighted by Crippen LogP contribution is -2.02. The fraction of sp³-hybridized carbons (Fsp3) is 0.333. The highest BCUT2D eigenvalue weighted by Gasteiger charge is 2.30. The fourth-order valence-corrected chi connectivity index (χ4v) is 4.47. The van der Waals surface area contributed by atoms with Crippen LogP contribution >= 0.6 is 39.0 Å². The molecule has 9 heteroatoms. The number of aromatic nitrogens is 5. The quantitative estimate of drug-likeness (QED) is 0.411. The SMILES string of the molecule is C=CCn1c(SCc2nc(-c3cc(Br)cs3)no2)nnc1C1CC1. The summed E-state index contributed by atoms with van der Waals surface area (Å²) in [7, 11) is 0. The van der Waals surface area contributed by atoms with E-state index in [1.807, 2.05) is 17.5 Å². The van der Waals surface area contributed by atoms with Crippen LogP contribution in [0.25, 0.3) is 10.7 Å². The van der Waals surface area contributed by atoms with Gasteiger partial charge >= 0.3 is 0 Å². The third-order valence-corrected chi connectivity index (χ3v) is 6.22. The van der Waals surface area contributed by atoms with Crippen LogP contribution in [-0.4, -0.2) is 24.9 Å². The van der Waals surface area contributed by atoms with Crippen LogP contribution in [0.4, 0.5) is 0 Å². The van der Waals surface area contributed by atoms with Crippen molar-refractivity contribution >= 4 is 39.0 Å². The minimum absolute atomic E-state index is 0.555. The van der Waals surface area contributed by atoms with Crippen molar-refractivity contribution < 1.29 is 4.52 Å². The number of allylic oxidation sites excluding steroid dienone is 1. The Morgan fingerprint density at radius 3 is 3.04 bits per heavy atom. The standard InChI is InChI=1S/C15H14BrN5OS2/c1-2-5-21-14(9-3-4-9)18-19-15(21)24-8-12-17-13(20-22-12)11-6-10(16)7-23-11/h2,6-7,9H,1,3-5,8H2. The molecule has 24 heavy (non-hydrogen) atoms. The molecule has 1 aliphatic rings. The minimum atomic E-state index is 0.555. The first-order chi connectivity index (χ1) is 11.7. The van der Waals surface area contributed by atoms with Crippen LogP contribution in [0.3, 0.4) is 0 Å². The van der Waals surface area contributed by atoms with Gasteiger partial charge in [-0.3, -0.25) is 0 Å². The summed E-state index contributed by atoms with van der Waals surface area (Å²) in [5.74, 6) is 3.39. The van der Waals surface area contributed by atoms with E-state index in [2.05, 4.69) is 47.4 Å². The summed E-state index contributed by atoms with van der Waals surface area (Å²) in [5.41, 5.74) is 0. The van der Waals surface area contributed by atoms with Crippen molar-refractivity contribution in [3.8, 4) is 10.7 Å². The summed E-state index contributed by atoms with van der Waals surface area (Å²) in [5, 5.41) is 15.6. The molecule has 3 aromatic heterocycles. The molecular weight excluding hydrogens is 410 g/mol. The smallest absolute Gasteiger partial charge is 0.237 e. The van der Waals surface area contributed by atoms with Gasteiger partial charge in [0.15, 0.2) is 5.16 Å². The average Bonchev–Trinajstić information content (AvgIpc) is 2.97. The van der Waals surface area contributed by atoms with Crippen molar-refractivity contribution in [2.24, 2.45) is 0 Å². The Labute approximate surface area is 155 Å². The van der Waals surface area contributed by atoms with Crippen molar-refractivity contribution in [3.05, 3.63) is 40.3 Å². The van der Waals surface area contributed by atoms with Gasteiger partial charge in [-0.05, 0) is 34.8 Å². The van der Waals surface area contributed by atoms with Crippen molar-refractivity contribution in [1.29, 1.82) is 0 Å². The highest BCUT2D eigenvalue weighted by atomic mass is 79.9. The van der Waals surface area contributed by atoms with E-state index in [1.54, 1.807) is 23.1 Å². The number of thiophene rings is 1. The number of hydrogen-bond donors (Lipinski definition) is 0. The molecule has 3 aromatic rings. The Morgan fingerprint density at radius 1 is 1.46 bits per heavy atom. The Kier molecular flexibility index (Phi) is 4.55. The summed E-state index contributed by atoms with van der Waals surface area (Å²) in [6.07, 6.45) is 4.27. The summed E-state index contributed by atoms with van der Waals surface area (Å²) < 4.78 is 8.50. The molecule has 1 aliphatic carbocycles. The number of nitrogens with zero attached hydrogens (tertiary/aromatic N) is 5. The molecule has 6 nitrogen and oxygen atoms in total. The van der Waals surface area contributed by atoms with Gasteiger partial charge in [0.05, 0.1) is 10.6 Å². The topological polar surface area (TPSA) is 69.6 Å². The molecule has 0 aliphatic heterocycles. The first-order valence-corrected chi connectivity index (χ1v) is 10.1. The second kappa shape index (κ2) is 6.81. The number of hydrogen-bond acceptors (Lipinski definition) is 7. The van der Waals surface area contributed by atoms with Crippen molar-refractivity contribution in [1.82, 2.24) is 24.9 Å². The molecule has 3 heterocycles. The van der Waals surface area contributed by atoms with E-state index in [0.29, 0.717) is 23.4 Å². The van der Waals surface area contributed by atoms with Gasteiger partial charge in [0.1, 0.15) is 5.82 Å². The molecule has 0 unspecified atom stereocenters. The van der Waals surface area contributed by atoms with E-state index >= 15 is 0 Å². The summed E-state index contributed by atoms with van der Waals surface area (Å²) in [4.78, 5) is 5.43. The van der Waals surface area contributed by atoms with Crippen molar-refractivity contribution in [2.45, 2.75) is 36.2 Å². The molecule has 0 atom stereocenters. The van der Waals surface area contributed by atoms with E-state index in [9.17, 15) is 0 Å². The summed E-state index contributed by atoms with van der Waals surface area (Å²) >= 11 is 6.57. The lowest BCUT2D eigenvalue weighted by atomic mass is 10.4. The summed E-state index contributed by atoms with van der Waals surface area (Å²) in [6, 6.07) is 1.98. The third kappa shape index (κ3) is 3.33. The third-order valence-electron chi connectivity index (χ3n) is 3.58. The number of rotatable bonds is 7. The molecule has 0 amide bonds. The van der Waals surface area contributed by atoms with Crippen LogP contribution in [0.2, 0.25) is 0 Å². The zero-order valence-electron chi connectivity index (χ0n) is 12.7. The molecule has 0 radical (unpaired) electrons. The van der Waals surface area contributed by atoms with Crippen LogP contribution in [0.15, 0.2) is 38.3 Å². The zero-order chi connectivity index (χ0) is 16.5. The second-order valence-corrected chi connectivity index (χ2v) is 8.21. The molecule has 0 saturated heterocycles. The van der Waals surface area contributed by atoms with Crippen LogP contribution < -0.4 is 0 Å². The molecule has 1 saturated carbocycles. The Hall–Kier alpha value is -1.45. The first kappa shape index (κ1) is 16.0. The number of halogens is 1. The maximum atomic E-state index is 5.35. The Balaban J connectivity index is 1.47. The maximum Gasteiger partial charge on any atom is 0.237 e. The van der Waals surface area contributed by atoms with E-state index in [4.69, 9.17) is 4.52 Å². The van der Waals surface area contributed by atoms with Crippen LogP contribution in [0.1, 0.15) is 30.5 Å². The van der Waals surface area contributed by atoms with E-state index in [1.165, 1.54) is 12.8 Å². The van der Waals surface area contributed by atoms with Crippen LogP contribution in [-0.2, 0) is 12.3 Å². The lowest BCUT2D eigenvalue weighted by molar-refractivity contribution is 0.391. The average molecular weight is 424 g/mol.